The van der Waals surface area contributed by atoms with Gasteiger partial charge in [-0.3, -0.25) is 0 Å². The topological polar surface area (TPSA) is 24.5 Å². The number of benzene rings is 1. The molecule has 1 aliphatic heterocycles. The maximum atomic E-state index is 13.3. The average molecular weight is 252 g/mol. The zero-order chi connectivity index (χ0) is 13.1. The first kappa shape index (κ1) is 13.3. The summed E-state index contributed by atoms with van der Waals surface area (Å²) < 4.78 is 18.9. The summed E-state index contributed by atoms with van der Waals surface area (Å²) in [5.41, 5.74) is 2.06. The van der Waals surface area contributed by atoms with Gasteiger partial charge in [-0.2, -0.15) is 0 Å². The Morgan fingerprint density at radius 1 is 1.50 bits per heavy atom. The van der Waals surface area contributed by atoms with Crippen molar-refractivity contribution in [2.24, 2.45) is 0 Å². The van der Waals surface area contributed by atoms with Crippen LogP contribution in [0.5, 0.6) is 0 Å². The van der Waals surface area contributed by atoms with Crippen molar-refractivity contribution in [1.82, 2.24) is 5.32 Å². The van der Waals surface area contributed by atoms with Gasteiger partial charge in [0.2, 0.25) is 0 Å². The van der Waals surface area contributed by atoms with Gasteiger partial charge in [0.15, 0.2) is 0 Å². The smallest absolute Gasteiger partial charge is 0.123 e. The quantitative estimate of drug-likeness (QED) is 0.888. The molecule has 0 bridgehead atoms. The number of hydrogen-bond donors (Lipinski definition) is 1. The Labute approximate surface area is 108 Å². The van der Waals surface area contributed by atoms with Crippen LogP contribution in [0.4, 0.5) is 10.1 Å². The van der Waals surface area contributed by atoms with E-state index in [4.69, 9.17) is 4.74 Å². The van der Waals surface area contributed by atoms with Crippen LogP contribution in [0.15, 0.2) is 18.2 Å². The average Bonchev–Trinajstić information content (AvgIpc) is 2.75. The fourth-order valence-electron chi connectivity index (χ4n) is 2.64. The van der Waals surface area contributed by atoms with Gasteiger partial charge in [-0.25, -0.2) is 4.39 Å². The highest BCUT2D eigenvalue weighted by Gasteiger charge is 2.28. The lowest BCUT2D eigenvalue weighted by molar-refractivity contribution is 0.118. The summed E-state index contributed by atoms with van der Waals surface area (Å²) in [7, 11) is 3.93. The summed E-state index contributed by atoms with van der Waals surface area (Å²) >= 11 is 0. The van der Waals surface area contributed by atoms with Crippen LogP contribution >= 0.6 is 0 Å². The Kier molecular flexibility index (Phi) is 4.19. The molecule has 0 amide bonds. The largest absolute Gasteiger partial charge is 0.376 e. The highest BCUT2D eigenvalue weighted by Crippen LogP contribution is 2.27. The van der Waals surface area contributed by atoms with E-state index in [0.29, 0.717) is 12.6 Å². The Morgan fingerprint density at radius 3 is 2.89 bits per heavy atom. The lowest BCUT2D eigenvalue weighted by atomic mass is 10.1. The van der Waals surface area contributed by atoms with E-state index in [2.05, 4.69) is 24.2 Å². The van der Waals surface area contributed by atoms with E-state index in [1.54, 1.807) is 6.07 Å². The first-order valence-electron chi connectivity index (χ1n) is 6.41. The molecule has 1 fully saturated rings. The van der Waals surface area contributed by atoms with Crippen LogP contribution in [0.1, 0.15) is 18.9 Å². The first-order valence-corrected chi connectivity index (χ1v) is 6.41. The number of likely N-dealkylation sites (N-methyl/N-ethyl adjacent to an activating group) is 1. The molecule has 2 atom stereocenters. The van der Waals surface area contributed by atoms with E-state index in [9.17, 15) is 4.39 Å². The fraction of sp³-hybridized carbons (Fsp3) is 0.571. The van der Waals surface area contributed by atoms with E-state index >= 15 is 0 Å². The monoisotopic (exact) mass is 252 g/mol. The number of nitrogens with zero attached hydrogens (tertiary/aromatic N) is 1. The second kappa shape index (κ2) is 5.67. The summed E-state index contributed by atoms with van der Waals surface area (Å²) in [6.45, 7) is 3.56. The summed E-state index contributed by atoms with van der Waals surface area (Å²) in [4.78, 5) is 2.21. The highest BCUT2D eigenvalue weighted by molar-refractivity contribution is 5.54. The third-order valence-electron chi connectivity index (χ3n) is 3.62. The minimum absolute atomic E-state index is 0.187. The van der Waals surface area contributed by atoms with Crippen LogP contribution in [0.2, 0.25) is 0 Å². The van der Waals surface area contributed by atoms with E-state index in [0.717, 1.165) is 24.3 Å². The highest BCUT2D eigenvalue weighted by atomic mass is 19.1. The van der Waals surface area contributed by atoms with Crippen molar-refractivity contribution in [2.75, 3.05) is 25.6 Å². The Hall–Kier alpha value is -1.13. The van der Waals surface area contributed by atoms with Crippen LogP contribution in [-0.4, -0.2) is 32.8 Å². The standard InChI is InChI=1S/C14H21FN2O/c1-10-13(6-7-18-10)17(3)14-5-4-12(15)8-11(14)9-16-2/h4-5,8,10,13,16H,6-7,9H2,1-3H3. The molecule has 1 N–H and O–H groups in total. The molecule has 1 saturated heterocycles. The lowest BCUT2D eigenvalue weighted by Crippen LogP contribution is -2.37. The number of anilines is 1. The van der Waals surface area contributed by atoms with Crippen molar-refractivity contribution >= 4 is 5.69 Å². The number of halogens is 1. The van der Waals surface area contributed by atoms with Gasteiger partial charge < -0.3 is 15.0 Å². The lowest BCUT2D eigenvalue weighted by Gasteiger charge is -2.30. The van der Waals surface area contributed by atoms with Gasteiger partial charge in [0.1, 0.15) is 5.82 Å². The summed E-state index contributed by atoms with van der Waals surface area (Å²) in [5, 5.41) is 3.08. The SMILES string of the molecule is CNCc1cc(F)ccc1N(C)C1CCOC1C. The van der Waals surface area contributed by atoms with Crippen molar-refractivity contribution in [2.45, 2.75) is 32.0 Å². The molecular formula is C14H21FN2O. The molecule has 0 spiro atoms. The molecule has 0 saturated carbocycles. The third kappa shape index (κ3) is 2.65. The van der Waals surface area contributed by atoms with Crippen LogP contribution in [0.3, 0.4) is 0 Å². The van der Waals surface area contributed by atoms with Gasteiger partial charge in [0.25, 0.3) is 0 Å². The maximum Gasteiger partial charge on any atom is 0.123 e. The van der Waals surface area contributed by atoms with Crippen LogP contribution in [-0.2, 0) is 11.3 Å². The van der Waals surface area contributed by atoms with E-state index in [1.807, 2.05) is 13.1 Å². The number of nitrogens with one attached hydrogen (secondary N) is 1. The van der Waals surface area contributed by atoms with Crippen molar-refractivity contribution in [1.29, 1.82) is 0 Å². The predicted molar refractivity (Wildman–Crippen MR) is 71.4 cm³/mol. The van der Waals surface area contributed by atoms with Gasteiger partial charge >= 0.3 is 0 Å². The predicted octanol–water partition coefficient (Wildman–Crippen LogP) is 2.16. The van der Waals surface area contributed by atoms with Crippen molar-refractivity contribution in [3.63, 3.8) is 0 Å². The molecule has 2 unspecified atom stereocenters. The molecular weight excluding hydrogens is 231 g/mol. The Morgan fingerprint density at radius 2 is 2.28 bits per heavy atom. The zero-order valence-electron chi connectivity index (χ0n) is 11.2. The molecule has 0 aliphatic carbocycles. The normalized spacial score (nSPS) is 23.3. The fourth-order valence-corrected chi connectivity index (χ4v) is 2.64. The number of hydrogen-bond acceptors (Lipinski definition) is 3. The first-order chi connectivity index (χ1) is 8.63. The Balaban J connectivity index is 2.25. The van der Waals surface area contributed by atoms with Gasteiger partial charge in [-0.1, -0.05) is 0 Å². The second-order valence-electron chi connectivity index (χ2n) is 4.85. The number of ether oxygens (including phenoxy) is 1. The Bertz CT molecular complexity index is 411. The summed E-state index contributed by atoms with van der Waals surface area (Å²) in [6.07, 6.45) is 1.25. The van der Waals surface area contributed by atoms with Gasteiger partial charge in [0, 0.05) is 25.9 Å². The molecule has 18 heavy (non-hydrogen) atoms. The van der Waals surface area contributed by atoms with E-state index < -0.39 is 0 Å². The molecule has 1 aliphatic rings. The van der Waals surface area contributed by atoms with Gasteiger partial charge in [-0.05, 0) is 44.2 Å². The van der Waals surface area contributed by atoms with Crippen LogP contribution < -0.4 is 10.2 Å². The summed E-state index contributed by atoms with van der Waals surface area (Å²) in [5.74, 6) is -0.187. The van der Waals surface area contributed by atoms with Crippen molar-refractivity contribution < 1.29 is 9.13 Å². The van der Waals surface area contributed by atoms with Crippen LogP contribution in [0, 0.1) is 5.82 Å². The third-order valence-corrected chi connectivity index (χ3v) is 3.62. The molecule has 0 radical (unpaired) electrons. The molecule has 4 heteroatoms. The molecule has 0 aromatic heterocycles. The van der Waals surface area contributed by atoms with Crippen molar-refractivity contribution in [3.05, 3.63) is 29.6 Å². The molecule has 1 aromatic rings. The van der Waals surface area contributed by atoms with Crippen molar-refractivity contribution in [3.8, 4) is 0 Å². The molecule has 2 rings (SSSR count). The molecule has 100 valence electrons. The minimum atomic E-state index is -0.187. The minimum Gasteiger partial charge on any atom is -0.376 e. The number of rotatable bonds is 4. The van der Waals surface area contributed by atoms with E-state index in [1.165, 1.54) is 6.07 Å². The molecule has 3 nitrogen and oxygen atoms in total. The van der Waals surface area contributed by atoms with Gasteiger partial charge in [0.05, 0.1) is 12.1 Å². The zero-order valence-corrected chi connectivity index (χ0v) is 11.2. The summed E-state index contributed by atoms with van der Waals surface area (Å²) in [6, 6.07) is 5.34. The molecule has 1 aromatic carbocycles. The van der Waals surface area contributed by atoms with Gasteiger partial charge in [-0.15, -0.1) is 0 Å². The maximum absolute atomic E-state index is 13.3. The second-order valence-corrected chi connectivity index (χ2v) is 4.85. The van der Waals surface area contributed by atoms with Crippen LogP contribution in [0.25, 0.3) is 0 Å². The molecule has 1 heterocycles. The van der Waals surface area contributed by atoms with E-state index in [-0.39, 0.29) is 11.9 Å².